The molecule has 0 atom stereocenters. The fraction of sp³-hybridized carbons (Fsp3) is 0.211. The van der Waals surface area contributed by atoms with Gasteiger partial charge in [-0.1, -0.05) is 17.7 Å². The van der Waals surface area contributed by atoms with Gasteiger partial charge in [-0.2, -0.15) is 5.10 Å². The Morgan fingerprint density at radius 2 is 1.85 bits per heavy atom. The van der Waals surface area contributed by atoms with Crippen molar-refractivity contribution in [2.45, 2.75) is 19.8 Å². The van der Waals surface area contributed by atoms with Gasteiger partial charge in [0.2, 0.25) is 11.8 Å². The summed E-state index contributed by atoms with van der Waals surface area (Å²) in [5.41, 5.74) is 3.82. The summed E-state index contributed by atoms with van der Waals surface area (Å²) in [6.07, 6.45) is 1.61. The molecule has 0 bridgehead atoms. The summed E-state index contributed by atoms with van der Waals surface area (Å²) in [6, 6.07) is 14.1. The zero-order chi connectivity index (χ0) is 18.8. The number of nitrogens with one attached hydrogen (secondary N) is 2. The van der Waals surface area contributed by atoms with E-state index in [1.54, 1.807) is 24.3 Å². The van der Waals surface area contributed by atoms with Crippen molar-refractivity contribution in [3.05, 3.63) is 59.1 Å². The monoisotopic (exact) mass is 373 g/mol. The lowest BCUT2D eigenvalue weighted by Crippen LogP contribution is -2.20. The molecule has 0 saturated carbocycles. The van der Waals surface area contributed by atoms with Crippen molar-refractivity contribution < 1.29 is 14.3 Å². The van der Waals surface area contributed by atoms with Gasteiger partial charge in [0.1, 0.15) is 5.75 Å². The van der Waals surface area contributed by atoms with E-state index in [0.717, 1.165) is 11.3 Å². The molecule has 6 nitrogen and oxygen atoms in total. The minimum absolute atomic E-state index is 0.0347. The number of hydrazone groups is 1. The van der Waals surface area contributed by atoms with E-state index >= 15 is 0 Å². The molecule has 0 unspecified atom stereocenters. The van der Waals surface area contributed by atoms with Crippen molar-refractivity contribution in [2.75, 3.05) is 11.9 Å². The summed E-state index contributed by atoms with van der Waals surface area (Å²) >= 11 is 5.85. The van der Waals surface area contributed by atoms with Crippen molar-refractivity contribution in [1.29, 1.82) is 0 Å². The van der Waals surface area contributed by atoms with Crippen LogP contribution in [0.3, 0.4) is 0 Å². The highest BCUT2D eigenvalue weighted by Gasteiger charge is 2.07. The van der Waals surface area contributed by atoms with Crippen LogP contribution in [-0.2, 0) is 9.59 Å². The maximum absolute atomic E-state index is 11.8. The van der Waals surface area contributed by atoms with Crippen LogP contribution in [-0.4, -0.2) is 24.6 Å². The summed E-state index contributed by atoms with van der Waals surface area (Å²) in [5, 5.41) is 7.09. The average Bonchev–Trinajstić information content (AvgIpc) is 2.62. The Hall–Kier alpha value is -2.86. The molecule has 2 aromatic carbocycles. The minimum Gasteiger partial charge on any atom is -0.494 e. The highest BCUT2D eigenvalue weighted by molar-refractivity contribution is 6.30. The van der Waals surface area contributed by atoms with Crippen LogP contribution in [0, 0.1) is 0 Å². The van der Waals surface area contributed by atoms with E-state index in [1.165, 1.54) is 6.21 Å². The number of hydrogen-bond donors (Lipinski definition) is 2. The van der Waals surface area contributed by atoms with Crippen LogP contribution in [0.25, 0.3) is 0 Å². The number of benzene rings is 2. The molecule has 0 heterocycles. The van der Waals surface area contributed by atoms with Crippen molar-refractivity contribution >= 4 is 35.3 Å². The number of ether oxygens (including phenoxy) is 1. The van der Waals surface area contributed by atoms with Gasteiger partial charge in [-0.3, -0.25) is 9.59 Å². The smallest absolute Gasteiger partial charge is 0.240 e. The third-order valence-electron chi connectivity index (χ3n) is 3.28. The lowest BCUT2D eigenvalue weighted by Gasteiger charge is -2.05. The molecule has 0 radical (unpaired) electrons. The van der Waals surface area contributed by atoms with Crippen LogP contribution in [0.2, 0.25) is 5.02 Å². The summed E-state index contributed by atoms with van der Waals surface area (Å²) in [7, 11) is 0. The summed E-state index contributed by atoms with van der Waals surface area (Å²) in [5.74, 6) is 0.172. The average molecular weight is 374 g/mol. The molecule has 0 spiro atoms. The molecule has 2 aromatic rings. The van der Waals surface area contributed by atoms with E-state index in [0.29, 0.717) is 17.3 Å². The van der Waals surface area contributed by atoms with Crippen LogP contribution in [0.5, 0.6) is 5.75 Å². The van der Waals surface area contributed by atoms with Gasteiger partial charge < -0.3 is 10.1 Å². The first-order chi connectivity index (χ1) is 12.6. The van der Waals surface area contributed by atoms with E-state index in [2.05, 4.69) is 15.8 Å². The molecule has 136 valence electrons. The Bertz CT molecular complexity index is 776. The van der Waals surface area contributed by atoms with Crippen molar-refractivity contribution in [1.82, 2.24) is 5.43 Å². The van der Waals surface area contributed by atoms with Gasteiger partial charge in [0.25, 0.3) is 0 Å². The largest absolute Gasteiger partial charge is 0.494 e. The van der Waals surface area contributed by atoms with Gasteiger partial charge in [-0.15, -0.1) is 0 Å². The minimum atomic E-state index is -0.339. The fourth-order valence-electron chi connectivity index (χ4n) is 2.07. The van der Waals surface area contributed by atoms with Crippen molar-refractivity contribution in [3.63, 3.8) is 0 Å². The van der Waals surface area contributed by atoms with Gasteiger partial charge in [0.15, 0.2) is 0 Å². The van der Waals surface area contributed by atoms with Gasteiger partial charge in [-0.25, -0.2) is 5.43 Å². The number of anilines is 1. The van der Waals surface area contributed by atoms with Crippen molar-refractivity contribution in [2.24, 2.45) is 5.10 Å². The van der Waals surface area contributed by atoms with E-state index in [9.17, 15) is 9.59 Å². The number of amides is 2. The molecule has 0 aliphatic carbocycles. The molecule has 2 amide bonds. The molecule has 26 heavy (non-hydrogen) atoms. The first-order valence-corrected chi connectivity index (χ1v) is 8.55. The standard InChI is InChI=1S/C19H20ClN3O3/c1-2-26-17-8-6-14(7-9-17)13-21-23-19(25)11-10-18(24)22-16-5-3-4-15(20)12-16/h3-9,12-13H,2,10-11H2,1H3,(H,22,24)(H,23,25). The quantitative estimate of drug-likeness (QED) is 0.548. The second kappa shape index (κ2) is 10.2. The first-order valence-electron chi connectivity index (χ1n) is 8.17. The normalized spacial score (nSPS) is 10.5. The predicted octanol–water partition coefficient (Wildman–Crippen LogP) is 3.61. The summed E-state index contributed by atoms with van der Waals surface area (Å²) < 4.78 is 5.35. The zero-order valence-corrected chi connectivity index (χ0v) is 15.1. The second-order valence-electron chi connectivity index (χ2n) is 5.35. The molecule has 0 aromatic heterocycles. The lowest BCUT2D eigenvalue weighted by atomic mass is 10.2. The predicted molar refractivity (Wildman–Crippen MR) is 103 cm³/mol. The Labute approximate surface area is 157 Å². The van der Waals surface area contributed by atoms with Crippen LogP contribution >= 0.6 is 11.6 Å². The topological polar surface area (TPSA) is 79.8 Å². The Balaban J connectivity index is 1.71. The maximum Gasteiger partial charge on any atom is 0.240 e. The zero-order valence-electron chi connectivity index (χ0n) is 14.4. The number of rotatable bonds is 8. The van der Waals surface area contributed by atoms with Crippen LogP contribution < -0.4 is 15.5 Å². The summed E-state index contributed by atoms with van der Waals surface area (Å²) in [6.45, 7) is 2.52. The number of carbonyl (C=O) groups is 2. The molecule has 2 N–H and O–H groups in total. The van der Waals surface area contributed by atoms with Gasteiger partial charge in [0.05, 0.1) is 12.8 Å². The van der Waals surface area contributed by atoms with E-state index in [1.807, 2.05) is 31.2 Å². The third kappa shape index (κ3) is 6.94. The SMILES string of the molecule is CCOc1ccc(C=NNC(=O)CCC(=O)Nc2cccc(Cl)c2)cc1. The molecular formula is C19H20ClN3O3. The van der Waals surface area contributed by atoms with E-state index in [-0.39, 0.29) is 24.7 Å². The van der Waals surface area contributed by atoms with E-state index in [4.69, 9.17) is 16.3 Å². The summed E-state index contributed by atoms with van der Waals surface area (Å²) in [4.78, 5) is 23.6. The number of hydrogen-bond acceptors (Lipinski definition) is 4. The molecule has 0 aliphatic rings. The number of halogens is 1. The van der Waals surface area contributed by atoms with Gasteiger partial charge in [0, 0.05) is 23.6 Å². The molecule has 2 rings (SSSR count). The molecule has 7 heteroatoms. The first kappa shape index (κ1) is 19.5. The number of carbonyl (C=O) groups excluding carboxylic acids is 2. The van der Waals surface area contributed by atoms with Crippen molar-refractivity contribution in [3.8, 4) is 5.75 Å². The molecule has 0 aliphatic heterocycles. The number of nitrogens with zero attached hydrogens (tertiary/aromatic N) is 1. The second-order valence-corrected chi connectivity index (χ2v) is 5.79. The fourth-order valence-corrected chi connectivity index (χ4v) is 2.26. The Morgan fingerprint density at radius 1 is 1.12 bits per heavy atom. The molecule has 0 saturated heterocycles. The Morgan fingerprint density at radius 3 is 2.54 bits per heavy atom. The van der Waals surface area contributed by atoms with Gasteiger partial charge >= 0.3 is 0 Å². The highest BCUT2D eigenvalue weighted by atomic mass is 35.5. The Kier molecular flexibility index (Phi) is 7.64. The highest BCUT2D eigenvalue weighted by Crippen LogP contribution is 2.15. The van der Waals surface area contributed by atoms with E-state index < -0.39 is 0 Å². The van der Waals surface area contributed by atoms with Gasteiger partial charge in [-0.05, 0) is 55.0 Å². The maximum atomic E-state index is 11.8. The van der Waals surface area contributed by atoms with Crippen LogP contribution in [0.15, 0.2) is 53.6 Å². The third-order valence-corrected chi connectivity index (χ3v) is 3.52. The molecular weight excluding hydrogens is 354 g/mol. The lowest BCUT2D eigenvalue weighted by molar-refractivity contribution is -0.124. The van der Waals surface area contributed by atoms with Crippen LogP contribution in [0.4, 0.5) is 5.69 Å². The van der Waals surface area contributed by atoms with Crippen LogP contribution in [0.1, 0.15) is 25.3 Å². The molecule has 0 fully saturated rings.